The van der Waals surface area contributed by atoms with Gasteiger partial charge in [-0.15, -0.1) is 10.2 Å². The molecule has 2 heterocycles. The van der Waals surface area contributed by atoms with Gasteiger partial charge < -0.3 is 14.2 Å². The summed E-state index contributed by atoms with van der Waals surface area (Å²) in [5.41, 5.74) is 0.633. The van der Waals surface area contributed by atoms with Crippen LogP contribution < -0.4 is 4.74 Å². The Morgan fingerprint density at radius 1 is 1.30 bits per heavy atom. The third kappa shape index (κ3) is 2.13. The van der Waals surface area contributed by atoms with Crippen molar-refractivity contribution in [3.8, 4) is 5.75 Å². The first-order chi connectivity index (χ1) is 9.69. The van der Waals surface area contributed by atoms with Gasteiger partial charge in [-0.2, -0.15) is 0 Å². The molecule has 6 heteroatoms. The monoisotopic (exact) mass is 272 g/mol. The zero-order valence-corrected chi connectivity index (χ0v) is 11.5. The number of hydrogen-bond donors (Lipinski definition) is 0. The number of benzene rings is 1. The predicted molar refractivity (Wildman–Crippen MR) is 72.5 cm³/mol. The number of aromatic nitrogens is 3. The van der Waals surface area contributed by atoms with Crippen molar-refractivity contribution in [2.75, 3.05) is 13.7 Å². The average Bonchev–Trinajstić information content (AvgIpc) is 2.87. The number of amides is 1. The second kappa shape index (κ2) is 4.96. The molecule has 0 aliphatic carbocycles. The van der Waals surface area contributed by atoms with E-state index in [4.69, 9.17) is 4.74 Å². The highest BCUT2D eigenvalue weighted by atomic mass is 16.5. The lowest BCUT2D eigenvalue weighted by Gasteiger charge is -2.27. The predicted octanol–water partition coefficient (Wildman–Crippen LogP) is 1.25. The molecule has 0 saturated carbocycles. The molecule has 1 amide bonds. The van der Waals surface area contributed by atoms with Gasteiger partial charge in [-0.3, -0.25) is 4.79 Å². The lowest BCUT2D eigenvalue weighted by molar-refractivity contribution is 0.0706. The lowest BCUT2D eigenvalue weighted by atomic mass is 10.1. The van der Waals surface area contributed by atoms with Crippen LogP contribution in [-0.2, 0) is 13.1 Å². The van der Waals surface area contributed by atoms with Gasteiger partial charge in [0.1, 0.15) is 11.6 Å². The molecule has 0 radical (unpaired) electrons. The Hall–Kier alpha value is -2.37. The molecular formula is C14H16N4O2. The molecule has 104 valence electrons. The first-order valence-corrected chi connectivity index (χ1v) is 6.51. The average molecular weight is 272 g/mol. The minimum Gasteiger partial charge on any atom is -0.497 e. The highest BCUT2D eigenvalue weighted by Crippen LogP contribution is 2.18. The molecule has 1 aliphatic rings. The maximum absolute atomic E-state index is 12.5. The molecule has 20 heavy (non-hydrogen) atoms. The number of nitrogens with zero attached hydrogens (tertiary/aromatic N) is 4. The Bertz CT molecular complexity index is 650. The van der Waals surface area contributed by atoms with Gasteiger partial charge in [0.15, 0.2) is 5.82 Å². The number of fused-ring (bicyclic) bond motifs is 1. The van der Waals surface area contributed by atoms with E-state index in [0.29, 0.717) is 24.4 Å². The smallest absolute Gasteiger partial charge is 0.254 e. The van der Waals surface area contributed by atoms with Gasteiger partial charge in [0.2, 0.25) is 0 Å². The number of ether oxygens (including phenoxy) is 1. The van der Waals surface area contributed by atoms with Crippen molar-refractivity contribution in [1.82, 2.24) is 19.7 Å². The SMILES string of the molecule is COc1cccc(C(=O)N2CCn3c(C)nnc3C2)c1. The van der Waals surface area contributed by atoms with Crippen LogP contribution in [-0.4, -0.2) is 39.2 Å². The third-order valence-electron chi connectivity index (χ3n) is 3.54. The van der Waals surface area contributed by atoms with E-state index in [2.05, 4.69) is 14.8 Å². The van der Waals surface area contributed by atoms with E-state index in [9.17, 15) is 4.79 Å². The number of carbonyl (C=O) groups excluding carboxylic acids is 1. The van der Waals surface area contributed by atoms with E-state index in [0.717, 1.165) is 18.2 Å². The van der Waals surface area contributed by atoms with Gasteiger partial charge in [0, 0.05) is 18.7 Å². The van der Waals surface area contributed by atoms with E-state index < -0.39 is 0 Å². The second-order valence-corrected chi connectivity index (χ2v) is 4.77. The zero-order chi connectivity index (χ0) is 14.1. The summed E-state index contributed by atoms with van der Waals surface area (Å²) in [6.45, 7) is 3.83. The molecule has 0 unspecified atom stereocenters. The Balaban J connectivity index is 1.82. The van der Waals surface area contributed by atoms with E-state index >= 15 is 0 Å². The molecule has 0 bridgehead atoms. The number of carbonyl (C=O) groups is 1. The van der Waals surface area contributed by atoms with Crippen LogP contribution >= 0.6 is 0 Å². The molecule has 1 aliphatic heterocycles. The van der Waals surface area contributed by atoms with Crippen molar-refractivity contribution in [2.24, 2.45) is 0 Å². The number of rotatable bonds is 2. The van der Waals surface area contributed by atoms with Crippen molar-refractivity contribution in [2.45, 2.75) is 20.0 Å². The maximum atomic E-state index is 12.5. The molecule has 0 N–H and O–H groups in total. The molecule has 0 fully saturated rings. The molecule has 2 aromatic rings. The Morgan fingerprint density at radius 2 is 2.15 bits per heavy atom. The van der Waals surface area contributed by atoms with Crippen molar-refractivity contribution >= 4 is 5.91 Å². The topological polar surface area (TPSA) is 60.2 Å². The summed E-state index contributed by atoms with van der Waals surface area (Å²) in [5.74, 6) is 2.42. The molecule has 1 aromatic carbocycles. The van der Waals surface area contributed by atoms with E-state index in [1.54, 1.807) is 24.1 Å². The lowest BCUT2D eigenvalue weighted by Crippen LogP contribution is -2.38. The van der Waals surface area contributed by atoms with Crippen LogP contribution in [0.3, 0.4) is 0 Å². The first kappa shape index (κ1) is 12.7. The quantitative estimate of drug-likeness (QED) is 0.825. The van der Waals surface area contributed by atoms with Crippen LogP contribution in [0, 0.1) is 6.92 Å². The van der Waals surface area contributed by atoms with Crippen molar-refractivity contribution in [1.29, 1.82) is 0 Å². The molecule has 6 nitrogen and oxygen atoms in total. The molecule has 0 atom stereocenters. The Kier molecular flexibility index (Phi) is 3.14. The number of methoxy groups -OCH3 is 1. The summed E-state index contributed by atoms with van der Waals surface area (Å²) in [5, 5.41) is 8.16. The van der Waals surface area contributed by atoms with Crippen molar-refractivity contribution < 1.29 is 9.53 Å². The molecule has 0 saturated heterocycles. The fourth-order valence-electron chi connectivity index (χ4n) is 2.42. The molecule has 3 rings (SSSR count). The van der Waals surface area contributed by atoms with Crippen LogP contribution in [0.1, 0.15) is 22.0 Å². The minimum atomic E-state index is -0.00389. The van der Waals surface area contributed by atoms with Gasteiger partial charge in [0.25, 0.3) is 5.91 Å². The van der Waals surface area contributed by atoms with Gasteiger partial charge in [-0.05, 0) is 25.1 Å². The standard InChI is InChI=1S/C14H16N4O2/c1-10-15-16-13-9-17(6-7-18(10)13)14(19)11-4-3-5-12(8-11)20-2/h3-5,8H,6-7,9H2,1-2H3. The van der Waals surface area contributed by atoms with Gasteiger partial charge in [-0.25, -0.2) is 0 Å². The van der Waals surface area contributed by atoms with Crippen LogP contribution in [0.5, 0.6) is 5.75 Å². The zero-order valence-electron chi connectivity index (χ0n) is 11.5. The summed E-state index contributed by atoms with van der Waals surface area (Å²) in [4.78, 5) is 14.3. The Morgan fingerprint density at radius 3 is 2.95 bits per heavy atom. The van der Waals surface area contributed by atoms with E-state index in [-0.39, 0.29) is 5.91 Å². The molecule has 0 spiro atoms. The van der Waals surface area contributed by atoms with Crippen LogP contribution in [0.15, 0.2) is 24.3 Å². The number of hydrogen-bond acceptors (Lipinski definition) is 4. The first-order valence-electron chi connectivity index (χ1n) is 6.51. The largest absolute Gasteiger partial charge is 0.497 e. The summed E-state index contributed by atoms with van der Waals surface area (Å²) in [6, 6.07) is 7.21. The summed E-state index contributed by atoms with van der Waals surface area (Å²) in [6.07, 6.45) is 0. The summed E-state index contributed by atoms with van der Waals surface area (Å²) in [7, 11) is 1.59. The Labute approximate surface area is 117 Å². The molecule has 1 aromatic heterocycles. The summed E-state index contributed by atoms with van der Waals surface area (Å²) < 4.78 is 7.21. The van der Waals surface area contributed by atoms with Crippen molar-refractivity contribution in [3.63, 3.8) is 0 Å². The molecular weight excluding hydrogens is 256 g/mol. The van der Waals surface area contributed by atoms with Gasteiger partial charge in [0.05, 0.1) is 13.7 Å². The minimum absolute atomic E-state index is 0.00389. The van der Waals surface area contributed by atoms with Crippen molar-refractivity contribution in [3.05, 3.63) is 41.5 Å². The third-order valence-corrected chi connectivity index (χ3v) is 3.54. The fourth-order valence-corrected chi connectivity index (χ4v) is 2.42. The van der Waals surface area contributed by atoms with Crippen LogP contribution in [0.25, 0.3) is 0 Å². The maximum Gasteiger partial charge on any atom is 0.254 e. The highest BCUT2D eigenvalue weighted by molar-refractivity contribution is 5.94. The highest BCUT2D eigenvalue weighted by Gasteiger charge is 2.24. The van der Waals surface area contributed by atoms with Gasteiger partial charge >= 0.3 is 0 Å². The van der Waals surface area contributed by atoms with Crippen LogP contribution in [0.2, 0.25) is 0 Å². The summed E-state index contributed by atoms with van der Waals surface area (Å²) >= 11 is 0. The van der Waals surface area contributed by atoms with E-state index in [1.165, 1.54) is 0 Å². The number of aryl methyl sites for hydroxylation is 1. The van der Waals surface area contributed by atoms with E-state index in [1.807, 2.05) is 19.1 Å². The normalized spacial score (nSPS) is 14.0. The van der Waals surface area contributed by atoms with Gasteiger partial charge in [-0.1, -0.05) is 6.07 Å². The fraction of sp³-hybridized carbons (Fsp3) is 0.357. The van der Waals surface area contributed by atoms with Crippen LogP contribution in [0.4, 0.5) is 0 Å². The second-order valence-electron chi connectivity index (χ2n) is 4.77.